The van der Waals surface area contributed by atoms with E-state index in [9.17, 15) is 13.6 Å². The second-order valence-electron chi connectivity index (χ2n) is 5.76. The maximum Gasteiger partial charge on any atom is 0.224 e. The first-order valence-electron chi connectivity index (χ1n) is 7.49. The summed E-state index contributed by atoms with van der Waals surface area (Å²) in [5.74, 6) is -0.798. The lowest BCUT2D eigenvalue weighted by Crippen LogP contribution is -2.35. The van der Waals surface area contributed by atoms with Crippen molar-refractivity contribution < 1.29 is 13.6 Å². The normalized spacial score (nSPS) is 12.2. The van der Waals surface area contributed by atoms with Gasteiger partial charge in [-0.15, -0.1) is 0 Å². The SMILES string of the molecule is CN(C)C(CNC(=O)Cc1ccc(F)c(Br)c1)c1ccc(F)cc1. The van der Waals surface area contributed by atoms with E-state index < -0.39 is 0 Å². The molecule has 0 aromatic heterocycles. The fourth-order valence-electron chi connectivity index (χ4n) is 2.39. The van der Waals surface area contributed by atoms with E-state index in [1.165, 1.54) is 18.2 Å². The van der Waals surface area contributed by atoms with Gasteiger partial charge in [-0.2, -0.15) is 0 Å². The van der Waals surface area contributed by atoms with E-state index in [0.29, 0.717) is 11.0 Å². The van der Waals surface area contributed by atoms with Crippen molar-refractivity contribution in [2.24, 2.45) is 0 Å². The monoisotopic (exact) mass is 396 g/mol. The molecule has 0 aliphatic heterocycles. The van der Waals surface area contributed by atoms with Gasteiger partial charge < -0.3 is 10.2 Å². The molecule has 0 spiro atoms. The molecule has 128 valence electrons. The fourth-order valence-corrected chi connectivity index (χ4v) is 2.82. The van der Waals surface area contributed by atoms with Crippen LogP contribution in [-0.2, 0) is 11.2 Å². The molecule has 0 heterocycles. The van der Waals surface area contributed by atoms with Crippen molar-refractivity contribution in [1.82, 2.24) is 10.2 Å². The van der Waals surface area contributed by atoms with Crippen molar-refractivity contribution >= 4 is 21.8 Å². The van der Waals surface area contributed by atoms with Gasteiger partial charge in [0, 0.05) is 6.54 Å². The molecule has 24 heavy (non-hydrogen) atoms. The average Bonchev–Trinajstić information content (AvgIpc) is 2.52. The van der Waals surface area contributed by atoms with Gasteiger partial charge in [-0.1, -0.05) is 18.2 Å². The Morgan fingerprint density at radius 3 is 2.42 bits per heavy atom. The molecular formula is C18H19BrF2N2O. The van der Waals surface area contributed by atoms with Crippen molar-refractivity contribution in [2.45, 2.75) is 12.5 Å². The quantitative estimate of drug-likeness (QED) is 0.807. The molecule has 1 unspecified atom stereocenters. The minimum Gasteiger partial charge on any atom is -0.354 e. The number of nitrogens with one attached hydrogen (secondary N) is 1. The Morgan fingerprint density at radius 2 is 1.83 bits per heavy atom. The first-order valence-corrected chi connectivity index (χ1v) is 8.28. The van der Waals surface area contributed by atoms with Gasteiger partial charge in [-0.25, -0.2) is 8.78 Å². The Morgan fingerprint density at radius 1 is 1.17 bits per heavy atom. The molecule has 0 saturated carbocycles. The summed E-state index contributed by atoms with van der Waals surface area (Å²) in [6.07, 6.45) is 0.169. The molecule has 2 aromatic rings. The van der Waals surface area contributed by atoms with Gasteiger partial charge in [-0.05, 0) is 65.4 Å². The highest BCUT2D eigenvalue weighted by molar-refractivity contribution is 9.10. The van der Waals surface area contributed by atoms with Crippen LogP contribution >= 0.6 is 15.9 Å². The third kappa shape index (κ3) is 5.11. The molecule has 1 N–H and O–H groups in total. The molecular weight excluding hydrogens is 378 g/mol. The van der Waals surface area contributed by atoms with Crippen LogP contribution in [0.15, 0.2) is 46.9 Å². The number of likely N-dealkylation sites (N-methyl/N-ethyl adjacent to an activating group) is 1. The molecule has 6 heteroatoms. The topological polar surface area (TPSA) is 32.3 Å². The number of halogens is 3. The highest BCUT2D eigenvalue weighted by Gasteiger charge is 2.15. The fraction of sp³-hybridized carbons (Fsp3) is 0.278. The van der Waals surface area contributed by atoms with Gasteiger partial charge in [-0.3, -0.25) is 4.79 Å². The van der Waals surface area contributed by atoms with Crippen LogP contribution in [0.2, 0.25) is 0 Å². The minimum absolute atomic E-state index is 0.0606. The van der Waals surface area contributed by atoms with Crippen molar-refractivity contribution in [3.63, 3.8) is 0 Å². The zero-order valence-electron chi connectivity index (χ0n) is 13.5. The number of carbonyl (C=O) groups excluding carboxylic acids is 1. The highest BCUT2D eigenvalue weighted by Crippen LogP contribution is 2.19. The van der Waals surface area contributed by atoms with Crippen LogP contribution in [0.1, 0.15) is 17.2 Å². The molecule has 0 bridgehead atoms. The van der Waals surface area contributed by atoms with Gasteiger partial charge in [0.2, 0.25) is 5.91 Å². The molecule has 0 radical (unpaired) electrons. The largest absolute Gasteiger partial charge is 0.354 e. The second kappa shape index (κ2) is 8.35. The summed E-state index contributed by atoms with van der Waals surface area (Å²) in [4.78, 5) is 14.1. The summed E-state index contributed by atoms with van der Waals surface area (Å²) in [5, 5.41) is 2.88. The predicted octanol–water partition coefficient (Wildman–Crippen LogP) is 3.69. The summed E-state index contributed by atoms with van der Waals surface area (Å²) >= 11 is 3.11. The lowest BCUT2D eigenvalue weighted by atomic mass is 10.1. The third-order valence-electron chi connectivity index (χ3n) is 3.72. The number of benzene rings is 2. The number of nitrogens with zero attached hydrogens (tertiary/aromatic N) is 1. The van der Waals surface area contributed by atoms with Crippen LogP contribution in [0.4, 0.5) is 8.78 Å². The third-order valence-corrected chi connectivity index (χ3v) is 4.33. The van der Waals surface area contributed by atoms with Crippen molar-refractivity contribution in [1.29, 1.82) is 0 Å². The maximum atomic E-state index is 13.2. The Labute approximate surface area is 148 Å². The van der Waals surface area contributed by atoms with Crippen LogP contribution < -0.4 is 5.32 Å². The molecule has 3 nitrogen and oxygen atoms in total. The maximum absolute atomic E-state index is 13.2. The van der Waals surface area contributed by atoms with Gasteiger partial charge in [0.1, 0.15) is 11.6 Å². The highest BCUT2D eigenvalue weighted by atomic mass is 79.9. The van der Waals surface area contributed by atoms with E-state index in [0.717, 1.165) is 11.1 Å². The van der Waals surface area contributed by atoms with Gasteiger partial charge in [0.05, 0.1) is 16.9 Å². The predicted molar refractivity (Wildman–Crippen MR) is 93.6 cm³/mol. The van der Waals surface area contributed by atoms with Gasteiger partial charge in [0.15, 0.2) is 0 Å². The van der Waals surface area contributed by atoms with Crippen LogP contribution in [0.5, 0.6) is 0 Å². The zero-order valence-corrected chi connectivity index (χ0v) is 15.1. The Kier molecular flexibility index (Phi) is 6.45. The van der Waals surface area contributed by atoms with E-state index in [1.807, 2.05) is 19.0 Å². The van der Waals surface area contributed by atoms with E-state index in [4.69, 9.17) is 0 Å². The summed E-state index contributed by atoms with van der Waals surface area (Å²) in [6.45, 7) is 0.403. The number of hydrogen-bond acceptors (Lipinski definition) is 2. The summed E-state index contributed by atoms with van der Waals surface area (Å²) in [6, 6.07) is 10.7. The lowest BCUT2D eigenvalue weighted by molar-refractivity contribution is -0.120. The average molecular weight is 397 g/mol. The molecule has 0 aliphatic carbocycles. The Bertz CT molecular complexity index is 705. The summed E-state index contributed by atoms with van der Waals surface area (Å²) in [5.41, 5.74) is 1.65. The lowest BCUT2D eigenvalue weighted by Gasteiger charge is -2.25. The molecule has 2 aromatic carbocycles. The summed E-state index contributed by atoms with van der Waals surface area (Å²) < 4.78 is 26.6. The van der Waals surface area contributed by atoms with E-state index in [1.54, 1.807) is 24.3 Å². The number of carbonyl (C=O) groups is 1. The van der Waals surface area contributed by atoms with Crippen LogP contribution in [0.25, 0.3) is 0 Å². The van der Waals surface area contributed by atoms with Crippen molar-refractivity contribution in [2.75, 3.05) is 20.6 Å². The van der Waals surface area contributed by atoms with E-state index in [-0.39, 0.29) is 30.0 Å². The second-order valence-corrected chi connectivity index (χ2v) is 6.61. The smallest absolute Gasteiger partial charge is 0.224 e. The minimum atomic E-state index is -0.358. The standard InChI is InChI=1S/C18H19BrF2N2O/c1-23(2)17(13-4-6-14(20)7-5-13)11-22-18(24)10-12-3-8-16(21)15(19)9-12/h3-9,17H,10-11H2,1-2H3,(H,22,24). The zero-order chi connectivity index (χ0) is 17.7. The van der Waals surface area contributed by atoms with E-state index in [2.05, 4.69) is 21.2 Å². The van der Waals surface area contributed by atoms with Crippen LogP contribution in [-0.4, -0.2) is 31.4 Å². The summed E-state index contributed by atoms with van der Waals surface area (Å²) in [7, 11) is 3.80. The molecule has 0 fully saturated rings. The van der Waals surface area contributed by atoms with Crippen molar-refractivity contribution in [3.8, 4) is 0 Å². The first kappa shape index (κ1) is 18.5. The number of amides is 1. The number of rotatable bonds is 6. The van der Waals surface area contributed by atoms with Crippen molar-refractivity contribution in [3.05, 3.63) is 69.7 Å². The van der Waals surface area contributed by atoms with Crippen LogP contribution in [0.3, 0.4) is 0 Å². The number of hydrogen-bond donors (Lipinski definition) is 1. The first-order chi connectivity index (χ1) is 11.4. The van der Waals surface area contributed by atoms with E-state index >= 15 is 0 Å². The van der Waals surface area contributed by atoms with Crippen LogP contribution in [0, 0.1) is 11.6 Å². The van der Waals surface area contributed by atoms with Gasteiger partial charge in [0.25, 0.3) is 0 Å². The molecule has 2 rings (SSSR count). The Balaban J connectivity index is 1.97. The molecule has 1 atom stereocenters. The molecule has 0 saturated heterocycles. The molecule has 0 aliphatic rings. The van der Waals surface area contributed by atoms with Gasteiger partial charge >= 0.3 is 0 Å². The Hall–Kier alpha value is -1.79. The molecule has 1 amide bonds.